The van der Waals surface area contributed by atoms with Crippen LogP contribution < -0.4 is 10.1 Å². The molecular weight excluding hydrogens is 294 g/mol. The Hall–Kier alpha value is -1.56. The standard InChI is InChI=1S/C17H27N3O3/c1-22-17-11-14(23-19-17)7-8-16(21)18-12-13-5-4-10-20-9-3-2-6-15(13)20/h11,13,15H,2-10,12H2,1H3,(H,18,21). The molecule has 3 heterocycles. The van der Waals surface area contributed by atoms with Gasteiger partial charge in [0.2, 0.25) is 5.91 Å². The number of hydrogen-bond acceptors (Lipinski definition) is 5. The molecule has 0 radical (unpaired) electrons. The maximum atomic E-state index is 12.1. The summed E-state index contributed by atoms with van der Waals surface area (Å²) in [6.07, 6.45) is 7.44. The van der Waals surface area contributed by atoms with Crippen LogP contribution in [0.3, 0.4) is 0 Å². The van der Waals surface area contributed by atoms with Gasteiger partial charge in [0.25, 0.3) is 5.88 Å². The van der Waals surface area contributed by atoms with Crippen LogP contribution >= 0.6 is 0 Å². The van der Waals surface area contributed by atoms with Crippen molar-refractivity contribution in [1.82, 2.24) is 15.4 Å². The van der Waals surface area contributed by atoms with E-state index in [1.165, 1.54) is 45.2 Å². The van der Waals surface area contributed by atoms with E-state index in [2.05, 4.69) is 15.4 Å². The van der Waals surface area contributed by atoms with E-state index in [-0.39, 0.29) is 5.91 Å². The predicted molar refractivity (Wildman–Crippen MR) is 86.3 cm³/mol. The lowest BCUT2D eigenvalue weighted by Gasteiger charge is -2.44. The van der Waals surface area contributed by atoms with E-state index in [4.69, 9.17) is 9.26 Å². The second-order valence-electron chi connectivity index (χ2n) is 6.64. The Kier molecular flexibility index (Phi) is 5.54. The largest absolute Gasteiger partial charge is 0.479 e. The van der Waals surface area contributed by atoms with Crippen molar-refractivity contribution >= 4 is 5.91 Å². The first kappa shape index (κ1) is 16.3. The van der Waals surface area contributed by atoms with Crippen LogP contribution in [0.5, 0.6) is 5.88 Å². The number of carbonyl (C=O) groups excluding carboxylic acids is 1. The molecule has 2 aliphatic heterocycles. The number of amides is 1. The summed E-state index contributed by atoms with van der Waals surface area (Å²) in [7, 11) is 1.55. The first-order valence-corrected chi connectivity index (χ1v) is 8.76. The molecule has 6 heteroatoms. The fraction of sp³-hybridized carbons (Fsp3) is 0.765. The lowest BCUT2D eigenvalue weighted by Crippen LogP contribution is -2.51. The third kappa shape index (κ3) is 4.25. The van der Waals surface area contributed by atoms with E-state index >= 15 is 0 Å². The summed E-state index contributed by atoms with van der Waals surface area (Å²) in [5, 5.41) is 6.86. The van der Waals surface area contributed by atoms with Gasteiger partial charge in [0.05, 0.1) is 7.11 Å². The molecule has 0 saturated carbocycles. The first-order valence-electron chi connectivity index (χ1n) is 8.76. The number of aromatic nitrogens is 1. The number of hydrogen-bond donors (Lipinski definition) is 1. The summed E-state index contributed by atoms with van der Waals surface area (Å²) in [5.41, 5.74) is 0. The molecule has 2 fully saturated rings. The zero-order chi connectivity index (χ0) is 16.1. The number of carbonyl (C=O) groups is 1. The van der Waals surface area contributed by atoms with Crippen LogP contribution in [0.4, 0.5) is 0 Å². The van der Waals surface area contributed by atoms with Crippen molar-refractivity contribution in [3.05, 3.63) is 11.8 Å². The van der Waals surface area contributed by atoms with Gasteiger partial charge in [-0.3, -0.25) is 4.79 Å². The average Bonchev–Trinajstić information content (AvgIpc) is 3.06. The van der Waals surface area contributed by atoms with Gasteiger partial charge in [-0.05, 0) is 49.8 Å². The van der Waals surface area contributed by atoms with Gasteiger partial charge in [-0.15, -0.1) is 0 Å². The third-order valence-electron chi connectivity index (χ3n) is 5.13. The summed E-state index contributed by atoms with van der Waals surface area (Å²) < 4.78 is 10.1. The summed E-state index contributed by atoms with van der Waals surface area (Å²) in [4.78, 5) is 14.7. The fourth-order valence-corrected chi connectivity index (χ4v) is 3.89. The fourth-order valence-electron chi connectivity index (χ4n) is 3.89. The Morgan fingerprint density at radius 1 is 1.39 bits per heavy atom. The highest BCUT2D eigenvalue weighted by atomic mass is 16.5. The van der Waals surface area contributed by atoms with Crippen LogP contribution in [0.25, 0.3) is 0 Å². The number of nitrogens with zero attached hydrogens (tertiary/aromatic N) is 2. The monoisotopic (exact) mass is 321 g/mol. The maximum Gasteiger partial charge on any atom is 0.254 e. The molecule has 2 atom stereocenters. The number of methoxy groups -OCH3 is 1. The molecule has 0 spiro atoms. The Morgan fingerprint density at radius 2 is 2.26 bits per heavy atom. The van der Waals surface area contributed by atoms with Crippen molar-refractivity contribution in [3.63, 3.8) is 0 Å². The molecule has 2 unspecified atom stereocenters. The molecule has 0 aliphatic carbocycles. The highest BCUT2D eigenvalue weighted by Gasteiger charge is 2.32. The molecule has 0 bridgehead atoms. The lowest BCUT2D eigenvalue weighted by atomic mass is 9.83. The minimum absolute atomic E-state index is 0.0910. The van der Waals surface area contributed by atoms with Crippen molar-refractivity contribution in [2.45, 2.75) is 51.0 Å². The van der Waals surface area contributed by atoms with E-state index in [0.717, 1.165) is 6.54 Å². The van der Waals surface area contributed by atoms with Crippen LogP contribution in [-0.4, -0.2) is 48.7 Å². The number of aryl methyl sites for hydroxylation is 1. The van der Waals surface area contributed by atoms with Gasteiger partial charge in [-0.2, -0.15) is 0 Å². The third-order valence-corrected chi connectivity index (χ3v) is 5.13. The average molecular weight is 321 g/mol. The second-order valence-corrected chi connectivity index (χ2v) is 6.64. The Labute approximate surface area is 137 Å². The molecular formula is C17H27N3O3. The van der Waals surface area contributed by atoms with Crippen molar-refractivity contribution < 1.29 is 14.1 Å². The highest BCUT2D eigenvalue weighted by Crippen LogP contribution is 2.30. The smallest absolute Gasteiger partial charge is 0.254 e. The molecule has 2 aliphatic rings. The molecule has 1 aromatic heterocycles. The van der Waals surface area contributed by atoms with Gasteiger partial charge in [0.1, 0.15) is 5.76 Å². The van der Waals surface area contributed by atoms with Crippen LogP contribution in [0.2, 0.25) is 0 Å². The van der Waals surface area contributed by atoms with Crippen molar-refractivity contribution in [3.8, 4) is 5.88 Å². The summed E-state index contributed by atoms with van der Waals surface area (Å²) in [6.45, 7) is 3.28. The number of piperidine rings is 2. The van der Waals surface area contributed by atoms with Gasteiger partial charge >= 0.3 is 0 Å². The zero-order valence-electron chi connectivity index (χ0n) is 13.9. The Bertz CT molecular complexity index is 515. The van der Waals surface area contributed by atoms with E-state index in [1.54, 1.807) is 13.2 Å². The van der Waals surface area contributed by atoms with Gasteiger partial charge in [-0.25, -0.2) is 0 Å². The van der Waals surface area contributed by atoms with Gasteiger partial charge < -0.3 is 19.5 Å². The number of fused-ring (bicyclic) bond motifs is 1. The van der Waals surface area contributed by atoms with Crippen LogP contribution in [0.1, 0.15) is 44.3 Å². The lowest BCUT2D eigenvalue weighted by molar-refractivity contribution is -0.121. The number of ether oxygens (including phenoxy) is 1. The Balaban J connectivity index is 1.41. The van der Waals surface area contributed by atoms with Crippen molar-refractivity contribution in [2.75, 3.05) is 26.7 Å². The molecule has 3 rings (SSSR count). The topological polar surface area (TPSA) is 67.6 Å². The Morgan fingerprint density at radius 3 is 3.09 bits per heavy atom. The predicted octanol–water partition coefficient (Wildman–Crippen LogP) is 2.00. The molecule has 23 heavy (non-hydrogen) atoms. The molecule has 1 aromatic rings. The van der Waals surface area contributed by atoms with Gasteiger partial charge in [0, 0.05) is 31.5 Å². The van der Waals surface area contributed by atoms with E-state index in [9.17, 15) is 4.79 Å². The minimum atomic E-state index is 0.0910. The maximum absolute atomic E-state index is 12.1. The highest BCUT2D eigenvalue weighted by molar-refractivity contribution is 5.76. The van der Waals surface area contributed by atoms with Crippen molar-refractivity contribution in [1.29, 1.82) is 0 Å². The van der Waals surface area contributed by atoms with Crippen LogP contribution in [0, 0.1) is 5.92 Å². The zero-order valence-corrected chi connectivity index (χ0v) is 13.9. The quantitative estimate of drug-likeness (QED) is 0.868. The van der Waals surface area contributed by atoms with Crippen molar-refractivity contribution in [2.24, 2.45) is 5.92 Å². The molecule has 128 valence electrons. The van der Waals surface area contributed by atoms with E-state index in [1.807, 2.05) is 0 Å². The van der Waals surface area contributed by atoms with Gasteiger partial charge in [-0.1, -0.05) is 6.42 Å². The normalized spacial score (nSPS) is 24.9. The molecule has 1 N–H and O–H groups in total. The van der Waals surface area contributed by atoms with Crippen LogP contribution in [-0.2, 0) is 11.2 Å². The summed E-state index contributed by atoms with van der Waals surface area (Å²) >= 11 is 0. The molecule has 1 amide bonds. The SMILES string of the molecule is COc1cc(CCC(=O)NCC2CCCN3CCCCC23)on1. The van der Waals surface area contributed by atoms with E-state index in [0.29, 0.717) is 36.4 Å². The summed E-state index contributed by atoms with van der Waals surface area (Å²) in [6, 6.07) is 2.41. The molecule has 6 nitrogen and oxygen atoms in total. The minimum Gasteiger partial charge on any atom is -0.479 e. The van der Waals surface area contributed by atoms with Gasteiger partial charge in [0.15, 0.2) is 0 Å². The van der Waals surface area contributed by atoms with Crippen LogP contribution in [0.15, 0.2) is 10.6 Å². The molecule has 2 saturated heterocycles. The summed E-state index contributed by atoms with van der Waals surface area (Å²) in [5.74, 6) is 1.85. The molecule has 0 aromatic carbocycles. The number of nitrogens with one attached hydrogen (secondary N) is 1. The van der Waals surface area contributed by atoms with E-state index < -0.39 is 0 Å². The second kappa shape index (κ2) is 7.81. The first-order chi connectivity index (χ1) is 11.3. The number of rotatable bonds is 6.